The van der Waals surface area contributed by atoms with E-state index in [2.05, 4.69) is 20.0 Å². The summed E-state index contributed by atoms with van der Waals surface area (Å²) in [5.41, 5.74) is 0.826. The largest absolute Gasteiger partial charge is 0.391 e. The number of carbonyl (C=O) groups excluding carboxylic acids is 1. The lowest BCUT2D eigenvalue weighted by Gasteiger charge is -2.30. The smallest absolute Gasteiger partial charge is 0.335 e. The maximum atomic E-state index is 12.8. The maximum absolute atomic E-state index is 12.8. The molecule has 1 heterocycles. The van der Waals surface area contributed by atoms with Crippen LogP contribution in [0.15, 0.2) is 30.3 Å². The van der Waals surface area contributed by atoms with Crippen LogP contribution >= 0.6 is 11.5 Å². The fraction of sp³-hybridized carbons (Fsp3) is 0.438. The minimum Gasteiger partial charge on any atom is -0.335 e. The highest BCUT2D eigenvalue weighted by molar-refractivity contribution is 7.10. The van der Waals surface area contributed by atoms with Crippen LogP contribution in [-0.2, 0) is 0 Å². The van der Waals surface area contributed by atoms with Crippen molar-refractivity contribution in [2.45, 2.75) is 37.9 Å². The van der Waals surface area contributed by atoms with Crippen molar-refractivity contribution in [2.24, 2.45) is 5.92 Å². The molecule has 1 saturated carbocycles. The van der Waals surface area contributed by atoms with Gasteiger partial charge in [0.05, 0.1) is 5.92 Å². The molecule has 2 amide bonds. The van der Waals surface area contributed by atoms with Crippen LogP contribution < -0.4 is 10.6 Å². The molecule has 0 unspecified atom stereocenters. The van der Waals surface area contributed by atoms with Gasteiger partial charge < -0.3 is 5.32 Å². The molecule has 25 heavy (non-hydrogen) atoms. The van der Waals surface area contributed by atoms with Gasteiger partial charge in [0.15, 0.2) is 5.82 Å². The maximum Gasteiger partial charge on any atom is 0.391 e. The number of halogens is 3. The van der Waals surface area contributed by atoms with E-state index in [-0.39, 0.29) is 12.8 Å². The third-order valence-corrected chi connectivity index (χ3v) is 4.78. The van der Waals surface area contributed by atoms with Crippen LogP contribution in [0.4, 0.5) is 23.1 Å². The molecule has 0 spiro atoms. The Morgan fingerprint density at radius 3 is 2.68 bits per heavy atom. The first-order valence-corrected chi connectivity index (χ1v) is 8.72. The lowest BCUT2D eigenvalue weighted by Crippen LogP contribution is -2.43. The van der Waals surface area contributed by atoms with E-state index in [0.717, 1.165) is 17.1 Å². The standard InChI is InChI=1S/C16H17F3N4OS/c17-16(18,19)11-7-4-8-12(9-11)20-14(24)22-15-21-13(23-25-15)10-5-2-1-3-6-10/h1-3,5-6,11-12H,4,7-9H2,(H2,20,21,22,23,24)/t11-,12-/m1/s1. The molecule has 3 rings (SSSR count). The minimum absolute atomic E-state index is 0.0810. The number of hydrogen-bond acceptors (Lipinski definition) is 4. The molecular weight excluding hydrogens is 353 g/mol. The van der Waals surface area contributed by atoms with E-state index in [1.165, 1.54) is 0 Å². The molecule has 2 atom stereocenters. The van der Waals surface area contributed by atoms with Crippen molar-refractivity contribution in [3.63, 3.8) is 0 Å². The van der Waals surface area contributed by atoms with Gasteiger partial charge in [0.1, 0.15) is 0 Å². The number of rotatable bonds is 3. The van der Waals surface area contributed by atoms with Crippen LogP contribution in [0.1, 0.15) is 25.7 Å². The molecule has 1 fully saturated rings. The summed E-state index contributed by atoms with van der Waals surface area (Å²) >= 11 is 1.03. The summed E-state index contributed by atoms with van der Waals surface area (Å²) in [6.45, 7) is 0. The zero-order chi connectivity index (χ0) is 17.9. The number of hydrogen-bond donors (Lipinski definition) is 2. The molecule has 1 aromatic carbocycles. The second-order valence-corrected chi connectivity index (χ2v) is 6.74. The normalized spacial score (nSPS) is 20.9. The topological polar surface area (TPSA) is 66.9 Å². The second kappa shape index (κ2) is 7.38. The van der Waals surface area contributed by atoms with Gasteiger partial charge in [-0.15, -0.1) is 0 Å². The molecule has 1 aliphatic carbocycles. The van der Waals surface area contributed by atoms with Crippen LogP contribution in [0.2, 0.25) is 0 Å². The first kappa shape index (κ1) is 17.7. The molecule has 2 N–H and O–H groups in total. The Labute approximate surface area is 146 Å². The first-order chi connectivity index (χ1) is 11.9. The van der Waals surface area contributed by atoms with E-state index >= 15 is 0 Å². The van der Waals surface area contributed by atoms with Crippen molar-refractivity contribution in [3.05, 3.63) is 30.3 Å². The Morgan fingerprint density at radius 2 is 1.96 bits per heavy atom. The summed E-state index contributed by atoms with van der Waals surface area (Å²) in [5.74, 6) is -0.853. The van der Waals surface area contributed by atoms with E-state index in [0.29, 0.717) is 23.8 Å². The summed E-state index contributed by atoms with van der Waals surface area (Å²) in [5, 5.41) is 5.46. The highest BCUT2D eigenvalue weighted by Crippen LogP contribution is 2.37. The highest BCUT2D eigenvalue weighted by atomic mass is 32.1. The average molecular weight is 370 g/mol. The number of carbonyl (C=O) groups is 1. The molecular formula is C16H17F3N4OS. The molecule has 9 heteroatoms. The average Bonchev–Trinajstić information content (AvgIpc) is 3.03. The van der Waals surface area contributed by atoms with Crippen molar-refractivity contribution in [3.8, 4) is 11.4 Å². The quantitative estimate of drug-likeness (QED) is 0.839. The van der Waals surface area contributed by atoms with Gasteiger partial charge in [-0.3, -0.25) is 5.32 Å². The SMILES string of the molecule is O=C(Nc1nc(-c2ccccc2)ns1)N[C@@H]1CCC[C@@H](C(F)(F)F)C1. The molecule has 0 saturated heterocycles. The van der Waals surface area contributed by atoms with E-state index < -0.39 is 24.2 Å². The van der Waals surface area contributed by atoms with E-state index in [1.807, 2.05) is 30.3 Å². The zero-order valence-corrected chi connectivity index (χ0v) is 14.0. The molecule has 0 bridgehead atoms. The Kier molecular flexibility index (Phi) is 5.22. The fourth-order valence-corrected chi connectivity index (χ4v) is 3.50. The van der Waals surface area contributed by atoms with Crippen LogP contribution in [0.5, 0.6) is 0 Å². The number of aromatic nitrogens is 2. The number of benzene rings is 1. The minimum atomic E-state index is -4.21. The number of amides is 2. The fourth-order valence-electron chi connectivity index (χ4n) is 2.92. The molecule has 2 aromatic rings. The lowest BCUT2D eigenvalue weighted by molar-refractivity contribution is -0.183. The highest BCUT2D eigenvalue weighted by Gasteiger charge is 2.42. The van der Waals surface area contributed by atoms with E-state index in [9.17, 15) is 18.0 Å². The Hall–Kier alpha value is -2.16. The third-order valence-electron chi connectivity index (χ3n) is 4.15. The Balaban J connectivity index is 1.55. The molecule has 1 aromatic heterocycles. The van der Waals surface area contributed by atoms with Crippen molar-refractivity contribution in [1.29, 1.82) is 0 Å². The van der Waals surface area contributed by atoms with Crippen molar-refractivity contribution < 1.29 is 18.0 Å². The van der Waals surface area contributed by atoms with Gasteiger partial charge in [-0.25, -0.2) is 4.79 Å². The van der Waals surface area contributed by atoms with Crippen LogP contribution in [0, 0.1) is 5.92 Å². The predicted molar refractivity (Wildman–Crippen MR) is 89.3 cm³/mol. The van der Waals surface area contributed by atoms with Crippen molar-refractivity contribution in [1.82, 2.24) is 14.7 Å². The third kappa shape index (κ3) is 4.68. The van der Waals surface area contributed by atoms with E-state index in [1.54, 1.807) is 0 Å². The van der Waals surface area contributed by atoms with Gasteiger partial charge in [0, 0.05) is 23.1 Å². The van der Waals surface area contributed by atoms with Gasteiger partial charge in [0.2, 0.25) is 5.13 Å². The number of nitrogens with one attached hydrogen (secondary N) is 2. The molecule has 0 radical (unpaired) electrons. The van der Waals surface area contributed by atoms with Gasteiger partial charge in [-0.2, -0.15) is 22.5 Å². The van der Waals surface area contributed by atoms with Crippen LogP contribution in [-0.4, -0.2) is 27.6 Å². The molecule has 134 valence electrons. The summed E-state index contributed by atoms with van der Waals surface area (Å²) < 4.78 is 42.6. The Morgan fingerprint density at radius 1 is 1.20 bits per heavy atom. The predicted octanol–water partition coefficient (Wildman–Crippen LogP) is 4.45. The summed E-state index contributed by atoms with van der Waals surface area (Å²) in [7, 11) is 0. The van der Waals surface area contributed by atoms with Gasteiger partial charge >= 0.3 is 12.2 Å². The second-order valence-electron chi connectivity index (χ2n) is 5.99. The summed E-state index contributed by atoms with van der Waals surface area (Å²) in [6, 6.07) is 8.26. The van der Waals surface area contributed by atoms with Crippen molar-refractivity contribution in [2.75, 3.05) is 5.32 Å². The van der Waals surface area contributed by atoms with Crippen molar-refractivity contribution >= 4 is 22.7 Å². The number of nitrogens with zero attached hydrogens (tertiary/aromatic N) is 2. The first-order valence-electron chi connectivity index (χ1n) is 7.95. The molecule has 5 nitrogen and oxygen atoms in total. The van der Waals surface area contributed by atoms with Gasteiger partial charge in [-0.05, 0) is 19.3 Å². The summed E-state index contributed by atoms with van der Waals surface area (Å²) in [6.07, 6.45) is -3.17. The number of anilines is 1. The number of urea groups is 1. The molecule has 0 aliphatic heterocycles. The van der Waals surface area contributed by atoms with Crippen LogP contribution in [0.3, 0.4) is 0 Å². The lowest BCUT2D eigenvalue weighted by atomic mass is 9.85. The zero-order valence-electron chi connectivity index (χ0n) is 13.2. The van der Waals surface area contributed by atoms with Crippen LogP contribution in [0.25, 0.3) is 11.4 Å². The van der Waals surface area contributed by atoms with Gasteiger partial charge in [0.25, 0.3) is 0 Å². The van der Waals surface area contributed by atoms with Gasteiger partial charge in [-0.1, -0.05) is 36.8 Å². The number of alkyl halides is 3. The Bertz CT molecular complexity index is 720. The monoisotopic (exact) mass is 370 g/mol. The summed E-state index contributed by atoms with van der Waals surface area (Å²) in [4.78, 5) is 16.2. The molecule has 1 aliphatic rings. The van der Waals surface area contributed by atoms with E-state index in [4.69, 9.17) is 0 Å².